The number of thiophene rings is 1. The summed E-state index contributed by atoms with van der Waals surface area (Å²) in [6.45, 7) is 1.12. The third-order valence-electron chi connectivity index (χ3n) is 4.07. The maximum absolute atomic E-state index is 12.5. The predicted molar refractivity (Wildman–Crippen MR) is 92.7 cm³/mol. The van der Waals surface area contributed by atoms with E-state index in [1.54, 1.807) is 29.2 Å². The summed E-state index contributed by atoms with van der Waals surface area (Å²) in [5, 5.41) is 13.7. The van der Waals surface area contributed by atoms with E-state index in [0.717, 1.165) is 12.8 Å². The minimum Gasteiger partial charge on any atom is -0.337 e. The number of benzene rings is 1. The van der Waals surface area contributed by atoms with Gasteiger partial charge in [-0.15, -0.1) is 11.3 Å². The first-order valence-corrected chi connectivity index (χ1v) is 8.69. The molecule has 24 heavy (non-hydrogen) atoms. The zero-order valence-corrected chi connectivity index (χ0v) is 13.9. The minimum atomic E-state index is -0.228. The van der Waals surface area contributed by atoms with Crippen LogP contribution < -0.4 is 5.32 Å². The summed E-state index contributed by atoms with van der Waals surface area (Å²) in [5.41, 5.74) is 1.12. The summed E-state index contributed by atoms with van der Waals surface area (Å²) in [6, 6.07) is 12.6. The molecule has 1 aliphatic heterocycles. The van der Waals surface area contributed by atoms with Gasteiger partial charge in [-0.05, 0) is 42.5 Å². The number of rotatable bonds is 3. The lowest BCUT2D eigenvalue weighted by Gasteiger charge is -2.31. The first-order valence-electron chi connectivity index (χ1n) is 7.81. The Hall–Kier alpha value is -2.65. The van der Waals surface area contributed by atoms with E-state index >= 15 is 0 Å². The third-order valence-corrected chi connectivity index (χ3v) is 4.93. The molecule has 0 unspecified atom stereocenters. The van der Waals surface area contributed by atoms with Crippen LogP contribution in [0.15, 0.2) is 41.8 Å². The Balaban J connectivity index is 1.64. The smallest absolute Gasteiger partial charge is 0.263 e. The highest BCUT2D eigenvalue weighted by Crippen LogP contribution is 2.22. The van der Waals surface area contributed by atoms with Crippen molar-refractivity contribution < 1.29 is 9.59 Å². The molecule has 0 aliphatic carbocycles. The number of likely N-dealkylation sites (tertiary alicyclic amines) is 1. The topological polar surface area (TPSA) is 73.2 Å². The molecule has 1 atom stereocenters. The lowest BCUT2D eigenvalue weighted by Crippen LogP contribution is -2.43. The fourth-order valence-electron chi connectivity index (χ4n) is 2.84. The lowest BCUT2D eigenvalue weighted by atomic mass is 9.96. The Morgan fingerprint density at radius 3 is 2.92 bits per heavy atom. The van der Waals surface area contributed by atoms with Crippen molar-refractivity contribution in [3.05, 3.63) is 52.2 Å². The summed E-state index contributed by atoms with van der Waals surface area (Å²) in [6.07, 6.45) is 1.57. The van der Waals surface area contributed by atoms with Crippen LogP contribution in [0.25, 0.3) is 0 Å². The van der Waals surface area contributed by atoms with Crippen molar-refractivity contribution in [2.45, 2.75) is 12.8 Å². The van der Waals surface area contributed by atoms with Gasteiger partial charge in [0.2, 0.25) is 5.91 Å². The van der Waals surface area contributed by atoms with E-state index in [9.17, 15) is 9.59 Å². The monoisotopic (exact) mass is 339 g/mol. The van der Waals surface area contributed by atoms with Gasteiger partial charge in [-0.1, -0.05) is 12.1 Å². The number of amides is 2. The van der Waals surface area contributed by atoms with Crippen LogP contribution in [-0.2, 0) is 4.79 Å². The first-order chi connectivity index (χ1) is 11.7. The summed E-state index contributed by atoms with van der Waals surface area (Å²) in [7, 11) is 0. The van der Waals surface area contributed by atoms with Crippen molar-refractivity contribution in [1.29, 1.82) is 5.26 Å². The molecule has 1 aliphatic rings. The Morgan fingerprint density at radius 2 is 2.17 bits per heavy atom. The fourth-order valence-corrected chi connectivity index (χ4v) is 3.53. The Kier molecular flexibility index (Phi) is 4.92. The zero-order chi connectivity index (χ0) is 16.9. The molecule has 1 N–H and O–H groups in total. The molecule has 0 bridgehead atoms. The predicted octanol–water partition coefficient (Wildman–Crippen LogP) is 3.11. The molecule has 122 valence electrons. The van der Waals surface area contributed by atoms with E-state index < -0.39 is 0 Å². The van der Waals surface area contributed by atoms with Gasteiger partial charge in [-0.3, -0.25) is 9.59 Å². The molecule has 1 aromatic carbocycles. The van der Waals surface area contributed by atoms with Crippen LogP contribution in [0.4, 0.5) is 5.69 Å². The van der Waals surface area contributed by atoms with Gasteiger partial charge < -0.3 is 10.2 Å². The number of hydrogen-bond donors (Lipinski definition) is 1. The van der Waals surface area contributed by atoms with Crippen LogP contribution in [0, 0.1) is 17.2 Å². The molecule has 2 aromatic rings. The minimum absolute atomic E-state index is 0.00558. The number of nitrogens with zero attached hydrogens (tertiary/aromatic N) is 2. The lowest BCUT2D eigenvalue weighted by molar-refractivity contribution is -0.121. The normalized spacial score (nSPS) is 17.1. The van der Waals surface area contributed by atoms with Crippen molar-refractivity contribution in [2.75, 3.05) is 18.4 Å². The number of hydrogen-bond acceptors (Lipinski definition) is 4. The molecule has 0 spiro atoms. The highest BCUT2D eigenvalue weighted by molar-refractivity contribution is 7.12. The second-order valence-electron chi connectivity index (χ2n) is 5.75. The van der Waals surface area contributed by atoms with Gasteiger partial charge in [-0.2, -0.15) is 5.26 Å². The van der Waals surface area contributed by atoms with Crippen LogP contribution in [0.3, 0.4) is 0 Å². The quantitative estimate of drug-likeness (QED) is 0.934. The van der Waals surface area contributed by atoms with Crippen LogP contribution in [-0.4, -0.2) is 29.8 Å². The maximum atomic E-state index is 12.5. The Labute approximate surface area is 144 Å². The summed E-state index contributed by atoms with van der Waals surface area (Å²) < 4.78 is 0. The van der Waals surface area contributed by atoms with Crippen LogP contribution in [0.1, 0.15) is 28.1 Å². The average Bonchev–Trinajstić information content (AvgIpc) is 3.16. The highest BCUT2D eigenvalue weighted by Gasteiger charge is 2.29. The molecule has 2 heterocycles. The van der Waals surface area contributed by atoms with E-state index in [-0.39, 0.29) is 17.7 Å². The van der Waals surface area contributed by atoms with E-state index in [1.165, 1.54) is 11.3 Å². The van der Waals surface area contributed by atoms with Crippen LogP contribution in [0.5, 0.6) is 0 Å². The number of carbonyl (C=O) groups is 2. The maximum Gasteiger partial charge on any atom is 0.263 e. The molecular formula is C18H17N3O2S. The van der Waals surface area contributed by atoms with Gasteiger partial charge in [0.25, 0.3) is 5.91 Å². The van der Waals surface area contributed by atoms with Crippen molar-refractivity contribution in [1.82, 2.24) is 4.90 Å². The van der Waals surface area contributed by atoms with Crippen molar-refractivity contribution in [3.63, 3.8) is 0 Å². The van der Waals surface area contributed by atoms with Crippen molar-refractivity contribution >= 4 is 28.8 Å². The molecule has 6 heteroatoms. The number of anilines is 1. The van der Waals surface area contributed by atoms with Crippen molar-refractivity contribution in [2.24, 2.45) is 5.92 Å². The summed E-state index contributed by atoms with van der Waals surface area (Å²) in [5.74, 6) is -0.337. The van der Waals surface area contributed by atoms with Crippen molar-refractivity contribution in [3.8, 4) is 6.07 Å². The van der Waals surface area contributed by atoms with Gasteiger partial charge in [0, 0.05) is 18.8 Å². The molecule has 3 rings (SSSR count). The van der Waals surface area contributed by atoms with Gasteiger partial charge in [0.15, 0.2) is 0 Å². The molecule has 1 aromatic heterocycles. The van der Waals surface area contributed by atoms with Gasteiger partial charge in [0.05, 0.1) is 22.4 Å². The molecular weight excluding hydrogens is 322 g/mol. The molecule has 0 radical (unpaired) electrons. The first kappa shape index (κ1) is 16.2. The van der Waals surface area contributed by atoms with Gasteiger partial charge in [0.1, 0.15) is 0 Å². The zero-order valence-electron chi connectivity index (χ0n) is 13.1. The second kappa shape index (κ2) is 7.28. The number of carbonyl (C=O) groups excluding carboxylic acids is 2. The SMILES string of the molecule is N#Cc1cccc(NC(=O)[C@@H]2CCCN(C(=O)c3cccs3)C2)c1. The standard InChI is InChI=1S/C18H17N3O2S/c19-11-13-4-1-6-15(10-13)20-17(22)14-5-2-8-21(12-14)18(23)16-7-3-9-24-16/h1,3-4,6-7,9-10,14H,2,5,8,12H2,(H,20,22)/t14-/m1/s1. The van der Waals surface area contributed by atoms with Crippen LogP contribution in [0.2, 0.25) is 0 Å². The Bertz CT molecular complexity index is 780. The van der Waals surface area contributed by atoms with Gasteiger partial charge in [-0.25, -0.2) is 0 Å². The average molecular weight is 339 g/mol. The molecule has 1 fully saturated rings. The second-order valence-corrected chi connectivity index (χ2v) is 6.70. The summed E-state index contributed by atoms with van der Waals surface area (Å²) >= 11 is 1.42. The molecule has 1 saturated heterocycles. The molecule has 0 saturated carbocycles. The van der Waals surface area contributed by atoms with E-state index in [1.807, 2.05) is 17.5 Å². The molecule has 2 amide bonds. The number of piperidine rings is 1. The largest absolute Gasteiger partial charge is 0.337 e. The fraction of sp³-hybridized carbons (Fsp3) is 0.278. The summed E-state index contributed by atoms with van der Waals surface area (Å²) in [4.78, 5) is 27.4. The number of nitrogens with one attached hydrogen (secondary N) is 1. The van der Waals surface area contributed by atoms with E-state index in [4.69, 9.17) is 5.26 Å². The van der Waals surface area contributed by atoms with Crippen LogP contribution >= 0.6 is 11.3 Å². The van der Waals surface area contributed by atoms with E-state index in [0.29, 0.717) is 29.2 Å². The highest BCUT2D eigenvalue weighted by atomic mass is 32.1. The molecule has 5 nitrogen and oxygen atoms in total. The number of nitriles is 1. The van der Waals surface area contributed by atoms with Gasteiger partial charge >= 0.3 is 0 Å². The Morgan fingerprint density at radius 1 is 1.29 bits per heavy atom. The third kappa shape index (κ3) is 3.63. The van der Waals surface area contributed by atoms with E-state index in [2.05, 4.69) is 11.4 Å².